The SMILES string of the molecule is CCC1CN(Cc2ccc(F)c(Cl)c2)C(CC(C)C)CN1. The molecule has 0 bridgehead atoms. The first-order valence-corrected chi connectivity index (χ1v) is 8.28. The van der Waals surface area contributed by atoms with Gasteiger partial charge in [-0.05, 0) is 36.5 Å². The first-order chi connectivity index (χ1) is 9.99. The van der Waals surface area contributed by atoms with Crippen molar-refractivity contribution >= 4 is 11.6 Å². The summed E-state index contributed by atoms with van der Waals surface area (Å²) in [7, 11) is 0. The Hall–Kier alpha value is -0.640. The van der Waals surface area contributed by atoms with E-state index in [-0.39, 0.29) is 10.8 Å². The van der Waals surface area contributed by atoms with Crippen LogP contribution in [0.15, 0.2) is 18.2 Å². The third kappa shape index (κ3) is 4.67. The third-order valence-electron chi connectivity index (χ3n) is 4.22. The maximum atomic E-state index is 13.3. The van der Waals surface area contributed by atoms with Gasteiger partial charge in [0.2, 0.25) is 0 Å². The van der Waals surface area contributed by atoms with Crippen LogP contribution in [-0.2, 0) is 6.54 Å². The topological polar surface area (TPSA) is 15.3 Å². The number of rotatable bonds is 5. The molecule has 1 saturated heterocycles. The molecule has 4 heteroatoms. The monoisotopic (exact) mass is 312 g/mol. The van der Waals surface area contributed by atoms with Crippen molar-refractivity contribution in [2.45, 2.75) is 52.2 Å². The van der Waals surface area contributed by atoms with Crippen molar-refractivity contribution in [3.8, 4) is 0 Å². The van der Waals surface area contributed by atoms with Gasteiger partial charge in [0.25, 0.3) is 0 Å². The van der Waals surface area contributed by atoms with Gasteiger partial charge >= 0.3 is 0 Å². The maximum Gasteiger partial charge on any atom is 0.141 e. The van der Waals surface area contributed by atoms with Crippen LogP contribution in [0.5, 0.6) is 0 Å². The van der Waals surface area contributed by atoms with E-state index in [1.54, 1.807) is 6.07 Å². The van der Waals surface area contributed by atoms with E-state index < -0.39 is 0 Å². The third-order valence-corrected chi connectivity index (χ3v) is 4.51. The van der Waals surface area contributed by atoms with E-state index in [1.807, 2.05) is 6.07 Å². The molecule has 2 atom stereocenters. The zero-order valence-electron chi connectivity index (χ0n) is 13.2. The lowest BCUT2D eigenvalue weighted by molar-refractivity contribution is 0.105. The van der Waals surface area contributed by atoms with Gasteiger partial charge in [0.15, 0.2) is 0 Å². The average Bonchev–Trinajstić information content (AvgIpc) is 2.44. The molecule has 0 spiro atoms. The van der Waals surface area contributed by atoms with Crippen molar-refractivity contribution in [3.63, 3.8) is 0 Å². The number of nitrogens with one attached hydrogen (secondary N) is 1. The van der Waals surface area contributed by atoms with Gasteiger partial charge in [-0.2, -0.15) is 0 Å². The zero-order chi connectivity index (χ0) is 15.4. The van der Waals surface area contributed by atoms with E-state index in [2.05, 4.69) is 31.0 Å². The highest BCUT2D eigenvalue weighted by atomic mass is 35.5. The fourth-order valence-corrected chi connectivity index (χ4v) is 3.25. The minimum Gasteiger partial charge on any atom is -0.311 e. The minimum absolute atomic E-state index is 0.218. The number of halogens is 2. The molecule has 1 aromatic carbocycles. The second-order valence-corrected chi connectivity index (χ2v) is 6.88. The highest BCUT2D eigenvalue weighted by Crippen LogP contribution is 2.22. The summed E-state index contributed by atoms with van der Waals surface area (Å²) in [6.07, 6.45) is 2.31. The number of benzene rings is 1. The normalized spacial score (nSPS) is 23.7. The molecule has 21 heavy (non-hydrogen) atoms. The van der Waals surface area contributed by atoms with Gasteiger partial charge in [0.1, 0.15) is 5.82 Å². The van der Waals surface area contributed by atoms with Gasteiger partial charge in [0.05, 0.1) is 5.02 Å². The van der Waals surface area contributed by atoms with Crippen molar-refractivity contribution in [2.24, 2.45) is 5.92 Å². The van der Waals surface area contributed by atoms with Crippen LogP contribution in [-0.4, -0.2) is 30.1 Å². The molecular weight excluding hydrogens is 287 g/mol. The van der Waals surface area contributed by atoms with Crippen LogP contribution >= 0.6 is 11.6 Å². The van der Waals surface area contributed by atoms with Gasteiger partial charge < -0.3 is 5.32 Å². The number of hydrogen-bond donors (Lipinski definition) is 1. The Bertz CT molecular complexity index is 464. The summed E-state index contributed by atoms with van der Waals surface area (Å²) < 4.78 is 13.3. The Labute approximate surface area is 132 Å². The molecule has 0 aromatic heterocycles. The molecule has 1 fully saturated rings. The predicted octanol–water partition coefficient (Wildman–Crippen LogP) is 4.08. The predicted molar refractivity (Wildman–Crippen MR) is 87.1 cm³/mol. The highest BCUT2D eigenvalue weighted by molar-refractivity contribution is 6.30. The number of hydrogen-bond acceptors (Lipinski definition) is 2. The van der Waals surface area contributed by atoms with Crippen LogP contribution in [0, 0.1) is 11.7 Å². The molecule has 0 aliphatic carbocycles. The molecule has 0 amide bonds. The van der Waals surface area contributed by atoms with E-state index in [4.69, 9.17) is 11.6 Å². The van der Waals surface area contributed by atoms with Gasteiger partial charge in [-0.3, -0.25) is 4.90 Å². The standard InChI is InChI=1S/C17H26ClFN2/c1-4-14-11-21(15(9-20-14)7-12(2)3)10-13-5-6-17(19)16(18)8-13/h5-6,8,12,14-15,20H,4,7,9-11H2,1-3H3. The molecule has 0 saturated carbocycles. The van der Waals surface area contributed by atoms with E-state index >= 15 is 0 Å². The summed E-state index contributed by atoms with van der Waals surface area (Å²) in [6.45, 7) is 9.66. The van der Waals surface area contributed by atoms with Crippen molar-refractivity contribution < 1.29 is 4.39 Å². The summed E-state index contributed by atoms with van der Waals surface area (Å²) in [5.41, 5.74) is 1.09. The maximum absolute atomic E-state index is 13.3. The molecular formula is C17H26ClFN2. The summed E-state index contributed by atoms with van der Waals surface area (Å²) in [6, 6.07) is 6.15. The molecule has 1 aliphatic heterocycles. The fraction of sp³-hybridized carbons (Fsp3) is 0.647. The smallest absolute Gasteiger partial charge is 0.141 e. The Balaban J connectivity index is 2.09. The molecule has 1 aliphatic rings. The highest BCUT2D eigenvalue weighted by Gasteiger charge is 2.27. The molecule has 2 rings (SSSR count). The lowest BCUT2D eigenvalue weighted by atomic mass is 9.97. The molecule has 2 unspecified atom stereocenters. The van der Waals surface area contributed by atoms with E-state index in [0.717, 1.165) is 31.6 Å². The zero-order valence-corrected chi connectivity index (χ0v) is 14.0. The summed E-state index contributed by atoms with van der Waals surface area (Å²) in [5, 5.41) is 3.85. The van der Waals surface area contributed by atoms with E-state index in [9.17, 15) is 4.39 Å². The Morgan fingerprint density at radius 1 is 1.43 bits per heavy atom. The molecule has 1 N–H and O–H groups in total. The Kier molecular flexibility index (Phi) is 6.03. The average molecular weight is 313 g/mol. The number of nitrogens with zero attached hydrogens (tertiary/aromatic N) is 1. The van der Waals surface area contributed by atoms with Crippen LogP contribution < -0.4 is 5.32 Å². The minimum atomic E-state index is -0.342. The quantitative estimate of drug-likeness (QED) is 0.881. The Morgan fingerprint density at radius 2 is 2.19 bits per heavy atom. The molecule has 118 valence electrons. The van der Waals surface area contributed by atoms with Gasteiger partial charge in [-0.25, -0.2) is 4.39 Å². The van der Waals surface area contributed by atoms with Gasteiger partial charge in [0, 0.05) is 31.7 Å². The Morgan fingerprint density at radius 3 is 2.81 bits per heavy atom. The fourth-order valence-electron chi connectivity index (χ4n) is 3.04. The van der Waals surface area contributed by atoms with Crippen LogP contribution in [0.3, 0.4) is 0 Å². The lowest BCUT2D eigenvalue weighted by Crippen LogP contribution is -2.56. The first-order valence-electron chi connectivity index (χ1n) is 7.91. The summed E-state index contributed by atoms with van der Waals surface area (Å²) in [4.78, 5) is 2.52. The second kappa shape index (κ2) is 7.57. The molecule has 0 radical (unpaired) electrons. The van der Waals surface area contributed by atoms with Crippen molar-refractivity contribution in [1.82, 2.24) is 10.2 Å². The van der Waals surface area contributed by atoms with Crippen molar-refractivity contribution in [1.29, 1.82) is 0 Å². The summed E-state index contributed by atoms with van der Waals surface area (Å²) >= 11 is 5.90. The largest absolute Gasteiger partial charge is 0.311 e. The van der Waals surface area contributed by atoms with E-state index in [1.165, 1.54) is 12.5 Å². The first kappa shape index (κ1) is 16.7. The second-order valence-electron chi connectivity index (χ2n) is 6.47. The van der Waals surface area contributed by atoms with Crippen LogP contribution in [0.1, 0.15) is 39.2 Å². The molecule has 2 nitrogen and oxygen atoms in total. The van der Waals surface area contributed by atoms with Crippen LogP contribution in [0.2, 0.25) is 5.02 Å². The van der Waals surface area contributed by atoms with Crippen LogP contribution in [0.25, 0.3) is 0 Å². The van der Waals surface area contributed by atoms with Crippen molar-refractivity contribution in [3.05, 3.63) is 34.6 Å². The van der Waals surface area contributed by atoms with Crippen molar-refractivity contribution in [2.75, 3.05) is 13.1 Å². The van der Waals surface area contributed by atoms with Gasteiger partial charge in [-0.1, -0.05) is 38.4 Å². The lowest BCUT2D eigenvalue weighted by Gasteiger charge is -2.41. The summed E-state index contributed by atoms with van der Waals surface area (Å²) in [5.74, 6) is 0.333. The van der Waals surface area contributed by atoms with E-state index in [0.29, 0.717) is 18.0 Å². The molecule has 1 heterocycles. The van der Waals surface area contributed by atoms with Crippen LogP contribution in [0.4, 0.5) is 4.39 Å². The number of piperazine rings is 1. The van der Waals surface area contributed by atoms with Gasteiger partial charge in [-0.15, -0.1) is 0 Å². The molecule has 1 aromatic rings.